The van der Waals surface area contributed by atoms with Crippen LogP contribution in [0, 0.1) is 0 Å². The fourth-order valence-electron chi connectivity index (χ4n) is 1.83. The van der Waals surface area contributed by atoms with Gasteiger partial charge in [-0.1, -0.05) is 35.5 Å². The van der Waals surface area contributed by atoms with Crippen molar-refractivity contribution in [3.63, 3.8) is 0 Å². The van der Waals surface area contributed by atoms with E-state index >= 15 is 0 Å². The number of carboxylic acids is 1. The molecular weight excluding hydrogens is 274 g/mol. The van der Waals surface area contributed by atoms with Crippen LogP contribution in [0.1, 0.15) is 21.9 Å². The minimum absolute atomic E-state index is 0.114. The predicted octanol–water partition coefficient (Wildman–Crippen LogP) is 0.0594. The third-order valence-corrected chi connectivity index (χ3v) is 2.84. The maximum Gasteiger partial charge on any atom is 0.358 e. The molecule has 0 aliphatic carbocycles. The second kappa shape index (κ2) is 5.49. The van der Waals surface area contributed by atoms with Crippen molar-refractivity contribution in [1.29, 1.82) is 0 Å². The van der Waals surface area contributed by atoms with Gasteiger partial charge in [-0.2, -0.15) is 0 Å². The molecule has 2 heterocycles. The summed E-state index contributed by atoms with van der Waals surface area (Å²) in [6.45, 7) is 0.782. The van der Waals surface area contributed by atoms with E-state index in [0.29, 0.717) is 12.4 Å². The van der Waals surface area contributed by atoms with Crippen LogP contribution in [-0.4, -0.2) is 46.3 Å². The van der Waals surface area contributed by atoms with Crippen LogP contribution in [0.25, 0.3) is 0 Å². The first-order chi connectivity index (χ1) is 10.2. The van der Waals surface area contributed by atoms with Crippen LogP contribution in [0.5, 0.6) is 0 Å². The van der Waals surface area contributed by atoms with Gasteiger partial charge in [-0.05, 0) is 16.0 Å². The summed E-state index contributed by atoms with van der Waals surface area (Å²) < 4.78 is 3.02. The Morgan fingerprint density at radius 3 is 2.62 bits per heavy atom. The number of carbonyl (C=O) groups is 1. The molecule has 9 nitrogen and oxygen atoms in total. The highest BCUT2D eigenvalue weighted by Crippen LogP contribution is 2.04. The van der Waals surface area contributed by atoms with Crippen LogP contribution < -0.4 is 0 Å². The van der Waals surface area contributed by atoms with Crippen LogP contribution in [0.15, 0.2) is 36.5 Å². The molecule has 21 heavy (non-hydrogen) atoms. The van der Waals surface area contributed by atoms with Crippen LogP contribution in [0.3, 0.4) is 0 Å². The molecule has 0 aliphatic rings. The summed E-state index contributed by atoms with van der Waals surface area (Å²) >= 11 is 0. The third kappa shape index (κ3) is 2.91. The standard InChI is InChI=1S/C12H11N7O2/c20-12(21)10-7-18(16-13-10)8-11-14-15-17-19(11)6-9-4-2-1-3-5-9/h1-5,7H,6,8H2,(H,20,21). The predicted molar refractivity (Wildman–Crippen MR) is 69.4 cm³/mol. The Hall–Kier alpha value is -3.10. The zero-order valence-electron chi connectivity index (χ0n) is 10.9. The lowest BCUT2D eigenvalue weighted by molar-refractivity contribution is 0.0690. The number of benzene rings is 1. The lowest BCUT2D eigenvalue weighted by Gasteiger charge is -2.04. The average Bonchev–Trinajstić information content (AvgIpc) is 3.11. The number of rotatable bonds is 5. The van der Waals surface area contributed by atoms with Gasteiger partial charge in [0, 0.05) is 0 Å². The monoisotopic (exact) mass is 285 g/mol. The van der Waals surface area contributed by atoms with Gasteiger partial charge in [-0.3, -0.25) is 0 Å². The van der Waals surface area contributed by atoms with Crippen molar-refractivity contribution >= 4 is 5.97 Å². The fourth-order valence-corrected chi connectivity index (χ4v) is 1.83. The van der Waals surface area contributed by atoms with Crippen LogP contribution in [-0.2, 0) is 13.1 Å². The van der Waals surface area contributed by atoms with Gasteiger partial charge in [0.25, 0.3) is 0 Å². The van der Waals surface area contributed by atoms with Crippen LogP contribution in [0.2, 0.25) is 0 Å². The summed E-state index contributed by atoms with van der Waals surface area (Å²) in [5, 5.41) is 27.6. The summed E-state index contributed by atoms with van der Waals surface area (Å²) in [7, 11) is 0. The Kier molecular flexibility index (Phi) is 3.37. The van der Waals surface area contributed by atoms with Gasteiger partial charge in [-0.25, -0.2) is 14.2 Å². The van der Waals surface area contributed by atoms with Crippen molar-refractivity contribution in [1.82, 2.24) is 35.2 Å². The van der Waals surface area contributed by atoms with E-state index in [-0.39, 0.29) is 12.2 Å². The number of hydrogen-bond acceptors (Lipinski definition) is 6. The summed E-state index contributed by atoms with van der Waals surface area (Å²) in [6, 6.07) is 9.77. The number of nitrogens with zero attached hydrogens (tertiary/aromatic N) is 7. The zero-order chi connectivity index (χ0) is 14.7. The van der Waals surface area contributed by atoms with E-state index in [1.807, 2.05) is 30.3 Å². The van der Waals surface area contributed by atoms with Crippen LogP contribution in [0.4, 0.5) is 0 Å². The molecule has 0 aliphatic heterocycles. The van der Waals surface area contributed by atoms with Crippen molar-refractivity contribution in [2.24, 2.45) is 0 Å². The van der Waals surface area contributed by atoms with Crippen molar-refractivity contribution in [2.45, 2.75) is 13.1 Å². The third-order valence-electron chi connectivity index (χ3n) is 2.84. The number of hydrogen-bond donors (Lipinski definition) is 1. The Morgan fingerprint density at radius 2 is 1.90 bits per heavy atom. The number of carboxylic acid groups (broad SMARTS) is 1. The number of aromatic carboxylic acids is 1. The van der Waals surface area contributed by atoms with E-state index in [9.17, 15) is 4.79 Å². The second-order valence-corrected chi connectivity index (χ2v) is 4.34. The lowest BCUT2D eigenvalue weighted by Crippen LogP contribution is -2.11. The molecule has 1 N–H and O–H groups in total. The fraction of sp³-hybridized carbons (Fsp3) is 0.167. The first-order valence-corrected chi connectivity index (χ1v) is 6.15. The summed E-state index contributed by atoms with van der Waals surface area (Å²) in [6.07, 6.45) is 1.34. The van der Waals surface area contributed by atoms with Crippen molar-refractivity contribution in [2.75, 3.05) is 0 Å². The van der Waals surface area contributed by atoms with Gasteiger partial charge >= 0.3 is 5.97 Å². The molecule has 1 aromatic carbocycles. The van der Waals surface area contributed by atoms with Crippen LogP contribution >= 0.6 is 0 Å². The molecular formula is C12H11N7O2. The molecule has 0 saturated carbocycles. The quantitative estimate of drug-likeness (QED) is 0.705. The zero-order valence-corrected chi connectivity index (χ0v) is 10.9. The van der Waals surface area contributed by atoms with E-state index in [1.54, 1.807) is 4.68 Å². The van der Waals surface area contributed by atoms with Gasteiger partial charge in [0.05, 0.1) is 12.7 Å². The molecule has 106 valence electrons. The molecule has 0 spiro atoms. The van der Waals surface area contributed by atoms with Gasteiger partial charge in [0.2, 0.25) is 0 Å². The average molecular weight is 285 g/mol. The SMILES string of the molecule is O=C(O)c1cn(Cc2nnnn2Cc2ccccc2)nn1. The number of aromatic nitrogens is 7. The Morgan fingerprint density at radius 1 is 1.10 bits per heavy atom. The van der Waals surface area contributed by atoms with Gasteiger partial charge in [-0.15, -0.1) is 10.2 Å². The Labute approximate surface area is 118 Å². The molecule has 3 aromatic rings. The molecule has 0 fully saturated rings. The molecule has 0 radical (unpaired) electrons. The van der Waals surface area contributed by atoms with E-state index in [0.717, 1.165) is 5.56 Å². The van der Waals surface area contributed by atoms with E-state index < -0.39 is 5.97 Å². The Bertz CT molecular complexity index is 750. The van der Waals surface area contributed by atoms with Gasteiger partial charge < -0.3 is 5.11 Å². The first-order valence-electron chi connectivity index (χ1n) is 6.15. The maximum absolute atomic E-state index is 10.8. The summed E-state index contributed by atoms with van der Waals surface area (Å²) in [5.41, 5.74) is 0.952. The van der Waals surface area contributed by atoms with E-state index in [1.165, 1.54) is 10.9 Å². The summed E-state index contributed by atoms with van der Waals surface area (Å²) in [4.78, 5) is 10.8. The topological polar surface area (TPSA) is 112 Å². The largest absolute Gasteiger partial charge is 0.476 e. The molecule has 9 heteroatoms. The maximum atomic E-state index is 10.8. The lowest BCUT2D eigenvalue weighted by atomic mass is 10.2. The van der Waals surface area contributed by atoms with Gasteiger partial charge in [0.1, 0.15) is 6.54 Å². The Balaban J connectivity index is 1.77. The number of tetrazole rings is 1. The van der Waals surface area contributed by atoms with Gasteiger partial charge in [0.15, 0.2) is 11.5 Å². The first kappa shape index (κ1) is 12.9. The molecule has 0 amide bonds. The minimum atomic E-state index is -1.12. The highest BCUT2D eigenvalue weighted by Gasteiger charge is 2.12. The smallest absolute Gasteiger partial charge is 0.358 e. The second-order valence-electron chi connectivity index (χ2n) is 4.34. The van der Waals surface area contributed by atoms with Crippen molar-refractivity contribution < 1.29 is 9.90 Å². The molecule has 0 bridgehead atoms. The molecule has 0 saturated heterocycles. The molecule has 2 aromatic heterocycles. The minimum Gasteiger partial charge on any atom is -0.476 e. The van der Waals surface area contributed by atoms with Crippen molar-refractivity contribution in [3.8, 4) is 0 Å². The molecule has 0 unspecified atom stereocenters. The highest BCUT2D eigenvalue weighted by atomic mass is 16.4. The van der Waals surface area contributed by atoms with E-state index in [4.69, 9.17) is 5.11 Å². The van der Waals surface area contributed by atoms with E-state index in [2.05, 4.69) is 25.8 Å². The molecule has 0 atom stereocenters. The summed E-state index contributed by atoms with van der Waals surface area (Å²) in [5.74, 6) is -0.550. The van der Waals surface area contributed by atoms with Crippen molar-refractivity contribution in [3.05, 3.63) is 53.6 Å². The normalized spacial score (nSPS) is 10.7. The molecule has 3 rings (SSSR count). The highest BCUT2D eigenvalue weighted by molar-refractivity contribution is 5.84.